The molecule has 3 nitrogen and oxygen atoms in total. The first-order chi connectivity index (χ1) is 9.99. The van der Waals surface area contributed by atoms with Crippen LogP contribution in [0.2, 0.25) is 10.0 Å². The second kappa shape index (κ2) is 5.99. The quantitative estimate of drug-likeness (QED) is 0.543. The molecule has 0 saturated carbocycles. The van der Waals surface area contributed by atoms with Gasteiger partial charge in [0.05, 0.1) is 0 Å². The van der Waals surface area contributed by atoms with Crippen molar-refractivity contribution in [2.45, 2.75) is 24.7 Å². The molecule has 1 aromatic heterocycles. The normalized spacial score (nSPS) is 18.4. The number of H-pyrrole nitrogens is 1. The van der Waals surface area contributed by atoms with Gasteiger partial charge in [-0.25, -0.2) is 0 Å². The maximum absolute atomic E-state index is 6.34. The molecule has 0 fully saturated rings. The summed E-state index contributed by atoms with van der Waals surface area (Å²) >= 11 is 12.1. The molecule has 114 valence electrons. The first-order valence-electron chi connectivity index (χ1n) is 6.51. The first kappa shape index (κ1) is 15.5. The summed E-state index contributed by atoms with van der Waals surface area (Å²) in [5.74, 6) is 0.729. The van der Waals surface area contributed by atoms with E-state index in [2.05, 4.69) is 11.1 Å². The number of benzene rings is 1. The van der Waals surface area contributed by atoms with Gasteiger partial charge in [-0.1, -0.05) is 0 Å². The number of aromatic amines is 1. The molecule has 6 heteroatoms. The van der Waals surface area contributed by atoms with Crippen LogP contribution in [0.15, 0.2) is 12.1 Å². The van der Waals surface area contributed by atoms with Crippen molar-refractivity contribution in [3.05, 3.63) is 50.3 Å². The van der Waals surface area contributed by atoms with Crippen molar-refractivity contribution in [3.8, 4) is 5.75 Å². The van der Waals surface area contributed by atoms with E-state index in [1.54, 1.807) is 0 Å². The maximum atomic E-state index is 6.34. The Morgan fingerprint density at radius 1 is 1.24 bits per heavy atom. The Morgan fingerprint density at radius 3 is 2.67 bits per heavy atom. The molecule has 1 aliphatic rings. The van der Waals surface area contributed by atoms with Crippen molar-refractivity contribution >= 4 is 23.2 Å². The van der Waals surface area contributed by atoms with Gasteiger partial charge in [-0.05, 0) is 0 Å². The van der Waals surface area contributed by atoms with Gasteiger partial charge in [-0.2, -0.15) is 0 Å². The molecule has 0 amide bonds. The van der Waals surface area contributed by atoms with Gasteiger partial charge < -0.3 is 0 Å². The number of halogens is 3. The van der Waals surface area contributed by atoms with Gasteiger partial charge in [-0.3, -0.25) is 0 Å². The Bertz CT molecular complexity index is 699. The molecule has 1 atom stereocenters. The molecule has 0 spiro atoms. The summed E-state index contributed by atoms with van der Waals surface area (Å²) in [6, 6.07) is 4.05. The fourth-order valence-corrected chi connectivity index (χ4v) is 5.25. The van der Waals surface area contributed by atoms with Crippen LogP contribution in [-0.4, -0.2) is 11.8 Å². The Hall–Kier alpha value is -0.430. The van der Waals surface area contributed by atoms with E-state index in [4.69, 9.17) is 31.0 Å². The van der Waals surface area contributed by atoms with Crippen LogP contribution in [0.1, 0.15) is 32.0 Å². The summed E-state index contributed by atoms with van der Waals surface area (Å²) in [4.78, 5) is 3.41. The summed E-state index contributed by atoms with van der Waals surface area (Å²) in [5, 5.41) is 1.43. The predicted molar refractivity (Wildman–Crippen MR) is 79.9 cm³/mol. The van der Waals surface area contributed by atoms with Gasteiger partial charge >= 0.3 is 145 Å². The second-order valence-corrected chi connectivity index (χ2v) is 8.25. The van der Waals surface area contributed by atoms with Gasteiger partial charge in [0, 0.05) is 0 Å². The van der Waals surface area contributed by atoms with Crippen LogP contribution in [0.4, 0.5) is 0 Å². The number of hydrogen-bond donors (Lipinski definition) is 1. The van der Waals surface area contributed by atoms with Gasteiger partial charge in [0.25, 0.3) is 0 Å². The summed E-state index contributed by atoms with van der Waals surface area (Å²) in [6.45, 7) is 6.31. The molecule has 2 heterocycles. The fourth-order valence-electron chi connectivity index (χ4n) is 2.52. The number of fused-ring (bicyclic) bond motifs is 1. The molecule has 2 aromatic rings. The average Bonchev–Trinajstić information content (AvgIpc) is 2.63. The molecule has 0 saturated heterocycles. The summed E-state index contributed by atoms with van der Waals surface area (Å²) in [6.07, 6.45) is 0. The van der Waals surface area contributed by atoms with Crippen molar-refractivity contribution in [2.75, 3.05) is 6.79 Å². The average molecular weight is 439 g/mol. The van der Waals surface area contributed by atoms with Crippen molar-refractivity contribution < 1.29 is 29.4 Å². The molecule has 21 heavy (non-hydrogen) atoms. The standard InChI is InChI=1S/C15H15Cl2INO2/c1-7-4-10-13(14-8(2)12(17)9(3)19-14)18-21-6-20-15(10)11(16)5-7/h4-5,13,19H,6H2,1-3H3/q-1/t13-/m0/s1. The molecule has 1 aliphatic heterocycles. The number of alkyl halides is 1. The number of hydrogen-bond acceptors (Lipinski definition) is 2. The number of rotatable bonds is 1. The van der Waals surface area contributed by atoms with E-state index in [0.29, 0.717) is 5.02 Å². The molecule has 0 bridgehead atoms. The third-order valence-corrected chi connectivity index (χ3v) is 6.79. The van der Waals surface area contributed by atoms with Gasteiger partial charge in [-0.15, -0.1) is 0 Å². The third kappa shape index (κ3) is 2.79. The Kier molecular flexibility index (Phi) is 4.41. The summed E-state index contributed by atoms with van der Waals surface area (Å²) in [5.41, 5.74) is 5.38. The SMILES string of the molecule is Cc1cc(Cl)c2c(c1)[C@@H](c1[nH]c(C)c(Cl)c1C)[I-]OCO2. The number of ether oxygens (including phenoxy) is 1. The molecule has 0 aliphatic carbocycles. The van der Waals surface area contributed by atoms with E-state index in [-0.39, 0.29) is 10.7 Å². The van der Waals surface area contributed by atoms with E-state index in [1.165, 1.54) is 0 Å². The Balaban J connectivity index is 2.18. The van der Waals surface area contributed by atoms with Gasteiger partial charge in [0.1, 0.15) is 0 Å². The van der Waals surface area contributed by atoms with E-state index < -0.39 is 21.6 Å². The Labute approximate surface area is 144 Å². The summed E-state index contributed by atoms with van der Waals surface area (Å²) < 4.78 is 11.5. The monoisotopic (exact) mass is 438 g/mol. The van der Waals surface area contributed by atoms with Crippen LogP contribution in [0.25, 0.3) is 0 Å². The number of nitrogens with one attached hydrogen (secondary N) is 1. The summed E-state index contributed by atoms with van der Waals surface area (Å²) in [7, 11) is 0. The molecule has 1 N–H and O–H groups in total. The van der Waals surface area contributed by atoms with Crippen molar-refractivity contribution in [1.29, 1.82) is 0 Å². The van der Waals surface area contributed by atoms with E-state index >= 15 is 0 Å². The van der Waals surface area contributed by atoms with Crippen LogP contribution in [0, 0.1) is 20.8 Å². The number of aromatic nitrogens is 1. The molecular formula is C15H15Cl2INO2-. The van der Waals surface area contributed by atoms with Gasteiger partial charge in [0.2, 0.25) is 0 Å². The van der Waals surface area contributed by atoms with Crippen LogP contribution in [0.3, 0.4) is 0 Å². The fraction of sp³-hybridized carbons (Fsp3) is 0.333. The molecule has 0 radical (unpaired) electrons. The zero-order valence-corrected chi connectivity index (χ0v) is 15.6. The van der Waals surface area contributed by atoms with Crippen LogP contribution < -0.4 is 26.4 Å². The van der Waals surface area contributed by atoms with E-state index in [9.17, 15) is 0 Å². The minimum atomic E-state index is -0.562. The predicted octanol–water partition coefficient (Wildman–Crippen LogP) is 1.71. The molecule has 1 aromatic carbocycles. The molecule has 3 rings (SSSR count). The van der Waals surface area contributed by atoms with Crippen LogP contribution in [-0.2, 0) is 3.07 Å². The number of aryl methyl sites for hydroxylation is 2. The van der Waals surface area contributed by atoms with E-state index in [0.717, 1.165) is 38.9 Å². The van der Waals surface area contributed by atoms with Crippen molar-refractivity contribution in [1.82, 2.24) is 4.98 Å². The minimum absolute atomic E-state index is 0.143. The van der Waals surface area contributed by atoms with Crippen molar-refractivity contribution in [3.63, 3.8) is 0 Å². The van der Waals surface area contributed by atoms with Crippen LogP contribution in [0.5, 0.6) is 5.75 Å². The zero-order chi connectivity index (χ0) is 15.1. The topological polar surface area (TPSA) is 34.2 Å². The van der Waals surface area contributed by atoms with E-state index in [1.807, 2.05) is 26.8 Å². The first-order valence-corrected chi connectivity index (χ1v) is 9.40. The van der Waals surface area contributed by atoms with Gasteiger partial charge in [0.15, 0.2) is 0 Å². The third-order valence-electron chi connectivity index (χ3n) is 3.53. The second-order valence-electron chi connectivity index (χ2n) is 5.09. The molecular weight excluding hydrogens is 424 g/mol. The van der Waals surface area contributed by atoms with Crippen LogP contribution >= 0.6 is 23.2 Å². The van der Waals surface area contributed by atoms with Crippen molar-refractivity contribution in [2.24, 2.45) is 0 Å². The molecule has 0 unspecified atom stereocenters. The Morgan fingerprint density at radius 2 is 2.00 bits per heavy atom. The zero-order valence-electron chi connectivity index (χ0n) is 11.9.